The third kappa shape index (κ3) is 2.74. The number of carbonyl (C=O) groups excluding carboxylic acids is 1. The second-order valence-corrected chi connectivity index (χ2v) is 5.78. The highest BCUT2D eigenvalue weighted by Crippen LogP contribution is 2.28. The van der Waals surface area contributed by atoms with E-state index in [1.54, 1.807) is 25.6 Å². The molecule has 0 aliphatic heterocycles. The minimum atomic E-state index is -0.545. The molecule has 0 N–H and O–H groups in total. The SMILES string of the molecule is CC(Cl)c1nc2cc(F)c(Cl)cc2n1CC(=O)N(C)C. The molecule has 0 aliphatic carbocycles. The van der Waals surface area contributed by atoms with Gasteiger partial charge in [-0.1, -0.05) is 11.6 Å². The largest absolute Gasteiger partial charge is 0.347 e. The van der Waals surface area contributed by atoms with Crippen LogP contribution >= 0.6 is 23.2 Å². The Morgan fingerprint density at radius 3 is 2.70 bits per heavy atom. The topological polar surface area (TPSA) is 38.1 Å². The summed E-state index contributed by atoms with van der Waals surface area (Å²) < 4.78 is 15.2. The molecule has 4 nitrogen and oxygen atoms in total. The summed E-state index contributed by atoms with van der Waals surface area (Å²) in [5.41, 5.74) is 1.02. The molecule has 0 saturated heterocycles. The fourth-order valence-electron chi connectivity index (χ4n) is 1.89. The lowest BCUT2D eigenvalue weighted by Crippen LogP contribution is -2.27. The molecule has 108 valence electrons. The average Bonchev–Trinajstić information content (AvgIpc) is 2.68. The first-order chi connectivity index (χ1) is 9.31. The number of fused-ring (bicyclic) bond motifs is 1. The number of halogens is 3. The van der Waals surface area contributed by atoms with Gasteiger partial charge in [0.15, 0.2) is 0 Å². The van der Waals surface area contributed by atoms with E-state index in [-0.39, 0.29) is 17.5 Å². The molecule has 0 aliphatic rings. The van der Waals surface area contributed by atoms with Crippen molar-refractivity contribution in [3.05, 3.63) is 28.8 Å². The summed E-state index contributed by atoms with van der Waals surface area (Å²) in [6, 6.07) is 2.71. The summed E-state index contributed by atoms with van der Waals surface area (Å²) in [7, 11) is 3.33. The van der Waals surface area contributed by atoms with E-state index in [0.29, 0.717) is 16.9 Å². The number of nitrogens with zero attached hydrogens (tertiary/aromatic N) is 3. The highest BCUT2D eigenvalue weighted by atomic mass is 35.5. The highest BCUT2D eigenvalue weighted by molar-refractivity contribution is 6.31. The minimum absolute atomic E-state index is 0.00951. The predicted molar refractivity (Wildman–Crippen MR) is 77.7 cm³/mol. The molecule has 1 aromatic carbocycles. The van der Waals surface area contributed by atoms with Crippen LogP contribution in [0.25, 0.3) is 11.0 Å². The number of alkyl halides is 1. The van der Waals surface area contributed by atoms with Crippen LogP contribution in [0.3, 0.4) is 0 Å². The number of benzene rings is 1. The number of likely N-dealkylation sites (N-methyl/N-ethyl adjacent to an activating group) is 1. The average molecular weight is 318 g/mol. The fourth-order valence-corrected chi connectivity index (χ4v) is 2.21. The first-order valence-electron chi connectivity index (χ1n) is 6.00. The number of hydrogen-bond donors (Lipinski definition) is 0. The van der Waals surface area contributed by atoms with E-state index in [9.17, 15) is 9.18 Å². The summed E-state index contributed by atoms with van der Waals surface area (Å²) >= 11 is 11.9. The molecule has 0 fully saturated rings. The van der Waals surface area contributed by atoms with Gasteiger partial charge in [-0.3, -0.25) is 4.79 Å². The van der Waals surface area contributed by atoms with Crippen LogP contribution < -0.4 is 0 Å². The molecule has 0 radical (unpaired) electrons. The lowest BCUT2D eigenvalue weighted by atomic mass is 10.3. The van der Waals surface area contributed by atoms with Gasteiger partial charge in [-0.05, 0) is 13.0 Å². The zero-order valence-corrected chi connectivity index (χ0v) is 12.8. The van der Waals surface area contributed by atoms with Gasteiger partial charge in [0, 0.05) is 20.2 Å². The van der Waals surface area contributed by atoms with Gasteiger partial charge in [0.05, 0.1) is 21.4 Å². The molecular formula is C13H14Cl2FN3O. The third-order valence-corrected chi connectivity index (χ3v) is 3.45. The summed E-state index contributed by atoms with van der Waals surface area (Å²) in [6.45, 7) is 1.83. The van der Waals surface area contributed by atoms with Crippen LogP contribution in [0.5, 0.6) is 0 Å². The molecule has 7 heteroatoms. The van der Waals surface area contributed by atoms with Crippen LogP contribution in [0.1, 0.15) is 18.1 Å². The van der Waals surface area contributed by atoms with E-state index < -0.39 is 11.2 Å². The number of rotatable bonds is 3. The smallest absolute Gasteiger partial charge is 0.242 e. The van der Waals surface area contributed by atoms with Crippen LogP contribution in [0.2, 0.25) is 5.02 Å². The van der Waals surface area contributed by atoms with E-state index >= 15 is 0 Å². The van der Waals surface area contributed by atoms with Crippen molar-refractivity contribution in [2.75, 3.05) is 14.1 Å². The maximum Gasteiger partial charge on any atom is 0.242 e. The van der Waals surface area contributed by atoms with Crippen molar-refractivity contribution in [1.29, 1.82) is 0 Å². The molecule has 1 heterocycles. The van der Waals surface area contributed by atoms with Crippen molar-refractivity contribution in [2.45, 2.75) is 18.8 Å². The van der Waals surface area contributed by atoms with E-state index in [4.69, 9.17) is 23.2 Å². The Balaban J connectivity index is 2.62. The van der Waals surface area contributed by atoms with Crippen molar-refractivity contribution in [3.63, 3.8) is 0 Å². The van der Waals surface area contributed by atoms with Gasteiger partial charge >= 0.3 is 0 Å². The highest BCUT2D eigenvalue weighted by Gasteiger charge is 2.19. The Bertz CT molecular complexity index is 667. The van der Waals surface area contributed by atoms with Gasteiger partial charge in [-0.2, -0.15) is 0 Å². The van der Waals surface area contributed by atoms with Crippen molar-refractivity contribution in [2.24, 2.45) is 0 Å². The Hall–Kier alpha value is -1.33. The monoisotopic (exact) mass is 317 g/mol. The van der Waals surface area contributed by atoms with Gasteiger partial charge in [0.2, 0.25) is 5.91 Å². The number of aromatic nitrogens is 2. The molecule has 0 spiro atoms. The standard InChI is InChI=1S/C13H14Cl2FN3O/c1-7(14)13-17-10-5-9(16)8(15)4-11(10)19(13)6-12(20)18(2)3/h4-5,7H,6H2,1-3H3. The fraction of sp³-hybridized carbons (Fsp3) is 0.385. The zero-order valence-electron chi connectivity index (χ0n) is 11.3. The molecule has 1 atom stereocenters. The second-order valence-electron chi connectivity index (χ2n) is 4.72. The first kappa shape index (κ1) is 15.1. The summed E-state index contributed by atoms with van der Waals surface area (Å²) in [4.78, 5) is 17.7. The van der Waals surface area contributed by atoms with Crippen LogP contribution in [0.4, 0.5) is 4.39 Å². The zero-order chi connectivity index (χ0) is 15.0. The van der Waals surface area contributed by atoms with E-state index in [2.05, 4.69) is 4.98 Å². The van der Waals surface area contributed by atoms with Gasteiger partial charge in [0.1, 0.15) is 18.2 Å². The molecule has 0 saturated carbocycles. The molecule has 1 amide bonds. The maximum absolute atomic E-state index is 13.5. The Labute approximate surface area is 126 Å². The number of hydrogen-bond acceptors (Lipinski definition) is 2. The van der Waals surface area contributed by atoms with Crippen molar-refractivity contribution in [1.82, 2.24) is 14.5 Å². The Kier molecular flexibility index (Phi) is 4.20. The summed E-state index contributed by atoms with van der Waals surface area (Å²) in [6.07, 6.45) is 0. The number of amides is 1. The predicted octanol–water partition coefficient (Wildman–Crippen LogP) is 3.22. The molecule has 0 bridgehead atoms. The maximum atomic E-state index is 13.5. The molecule has 2 aromatic rings. The lowest BCUT2D eigenvalue weighted by molar-refractivity contribution is -0.129. The third-order valence-electron chi connectivity index (χ3n) is 2.97. The van der Waals surface area contributed by atoms with Crippen LogP contribution in [-0.2, 0) is 11.3 Å². The van der Waals surface area contributed by atoms with E-state index in [1.807, 2.05) is 0 Å². The van der Waals surface area contributed by atoms with Gasteiger partial charge in [-0.15, -0.1) is 11.6 Å². The Morgan fingerprint density at radius 2 is 2.15 bits per heavy atom. The molecular weight excluding hydrogens is 304 g/mol. The first-order valence-corrected chi connectivity index (χ1v) is 6.82. The molecule has 20 heavy (non-hydrogen) atoms. The Morgan fingerprint density at radius 1 is 1.50 bits per heavy atom. The van der Waals surface area contributed by atoms with E-state index in [0.717, 1.165) is 0 Å². The van der Waals surface area contributed by atoms with Gasteiger partial charge in [-0.25, -0.2) is 9.37 Å². The number of carbonyl (C=O) groups is 1. The normalized spacial score (nSPS) is 12.7. The van der Waals surface area contributed by atoms with Crippen LogP contribution in [0, 0.1) is 5.82 Å². The molecule has 1 unspecified atom stereocenters. The van der Waals surface area contributed by atoms with Crippen LogP contribution in [-0.4, -0.2) is 34.5 Å². The van der Waals surface area contributed by atoms with Gasteiger partial charge < -0.3 is 9.47 Å². The second kappa shape index (κ2) is 5.58. The molecule has 2 rings (SSSR count). The summed E-state index contributed by atoms with van der Waals surface area (Å²) in [5.74, 6) is -0.140. The van der Waals surface area contributed by atoms with Crippen molar-refractivity contribution < 1.29 is 9.18 Å². The number of imidazole rings is 1. The lowest BCUT2D eigenvalue weighted by Gasteiger charge is -2.14. The quantitative estimate of drug-likeness (QED) is 0.815. The summed E-state index contributed by atoms with van der Waals surface area (Å²) in [5, 5.41) is -0.413. The van der Waals surface area contributed by atoms with E-state index in [1.165, 1.54) is 17.0 Å². The van der Waals surface area contributed by atoms with Crippen LogP contribution in [0.15, 0.2) is 12.1 Å². The van der Waals surface area contributed by atoms with Gasteiger partial charge in [0.25, 0.3) is 0 Å². The van der Waals surface area contributed by atoms with Crippen molar-refractivity contribution in [3.8, 4) is 0 Å². The minimum Gasteiger partial charge on any atom is -0.347 e. The molecule has 1 aromatic heterocycles. The van der Waals surface area contributed by atoms with Crippen molar-refractivity contribution >= 4 is 40.1 Å².